The molecule has 1 aliphatic carbocycles. The van der Waals surface area contributed by atoms with Gasteiger partial charge in [-0.2, -0.15) is 0 Å². The summed E-state index contributed by atoms with van der Waals surface area (Å²) in [5.41, 5.74) is 2.30. The van der Waals surface area contributed by atoms with Crippen LogP contribution in [0.4, 0.5) is 0 Å². The van der Waals surface area contributed by atoms with Gasteiger partial charge in [0.25, 0.3) is 5.91 Å². The lowest BCUT2D eigenvalue weighted by Crippen LogP contribution is -2.39. The maximum Gasteiger partial charge on any atom is 0.251 e. The van der Waals surface area contributed by atoms with Gasteiger partial charge < -0.3 is 16.0 Å². The molecule has 1 fully saturated rings. The van der Waals surface area contributed by atoms with Gasteiger partial charge in [0.15, 0.2) is 5.96 Å². The van der Waals surface area contributed by atoms with Crippen molar-refractivity contribution < 1.29 is 4.79 Å². The average molecular weight is 506 g/mol. The fraction of sp³-hybridized carbons (Fsp3) is 0.391. The maximum absolute atomic E-state index is 12.0. The Balaban J connectivity index is 0.00000300. The maximum atomic E-state index is 12.0. The van der Waals surface area contributed by atoms with Crippen molar-refractivity contribution in [3.05, 3.63) is 71.8 Å². The Kier molecular flexibility index (Phi) is 9.44. The highest BCUT2D eigenvalue weighted by atomic mass is 127. The molecule has 1 saturated carbocycles. The van der Waals surface area contributed by atoms with Crippen molar-refractivity contribution >= 4 is 35.8 Å². The minimum absolute atomic E-state index is 0. The number of amides is 1. The van der Waals surface area contributed by atoms with Crippen LogP contribution in [0.25, 0.3) is 0 Å². The highest BCUT2D eigenvalue weighted by Gasteiger charge is 2.43. The number of carbonyl (C=O) groups excluding carboxylic acids is 1. The normalized spacial score (nSPS) is 14.4. The van der Waals surface area contributed by atoms with Crippen LogP contribution in [0.5, 0.6) is 0 Å². The zero-order valence-electron chi connectivity index (χ0n) is 17.0. The molecule has 0 atom stereocenters. The van der Waals surface area contributed by atoms with Gasteiger partial charge in [0.1, 0.15) is 0 Å². The summed E-state index contributed by atoms with van der Waals surface area (Å²) in [6, 6.07) is 20.0. The molecule has 2 aromatic rings. The van der Waals surface area contributed by atoms with Gasteiger partial charge in [-0.3, -0.25) is 9.79 Å². The zero-order chi connectivity index (χ0) is 19.7. The van der Waals surface area contributed by atoms with Gasteiger partial charge in [-0.1, -0.05) is 48.5 Å². The number of hydrogen-bond donors (Lipinski definition) is 3. The molecule has 0 heterocycles. The van der Waals surface area contributed by atoms with E-state index in [0.717, 1.165) is 32.0 Å². The van der Waals surface area contributed by atoms with E-state index in [-0.39, 0.29) is 35.3 Å². The summed E-state index contributed by atoms with van der Waals surface area (Å²) in [4.78, 5) is 16.8. The zero-order valence-corrected chi connectivity index (χ0v) is 19.3. The monoisotopic (exact) mass is 506 g/mol. The molecule has 5 nitrogen and oxygen atoms in total. The lowest BCUT2D eigenvalue weighted by molar-refractivity contribution is 0.0953. The number of halogens is 1. The van der Waals surface area contributed by atoms with Crippen LogP contribution < -0.4 is 16.0 Å². The molecule has 3 N–H and O–H groups in total. The molecule has 6 heteroatoms. The van der Waals surface area contributed by atoms with E-state index in [2.05, 4.69) is 53.2 Å². The van der Waals surface area contributed by atoms with Gasteiger partial charge in [-0.05, 0) is 43.9 Å². The predicted octanol–water partition coefficient (Wildman–Crippen LogP) is 3.71. The predicted molar refractivity (Wildman–Crippen MR) is 130 cm³/mol. The van der Waals surface area contributed by atoms with Crippen molar-refractivity contribution in [2.75, 3.05) is 26.2 Å². The minimum Gasteiger partial charge on any atom is -0.357 e. The average Bonchev–Trinajstić information content (AvgIpc) is 3.54. The smallest absolute Gasteiger partial charge is 0.251 e. The summed E-state index contributed by atoms with van der Waals surface area (Å²) in [7, 11) is 0. The van der Waals surface area contributed by atoms with E-state index in [0.29, 0.717) is 12.1 Å². The molecule has 0 bridgehead atoms. The van der Waals surface area contributed by atoms with Gasteiger partial charge in [0.05, 0.1) is 6.54 Å². The first kappa shape index (κ1) is 23.2. The highest BCUT2D eigenvalue weighted by Crippen LogP contribution is 2.48. The largest absolute Gasteiger partial charge is 0.357 e. The SMILES string of the molecule is CCNC(=NCC1(c2ccccc2)CC1)NCCCNC(=O)c1ccccc1.I. The van der Waals surface area contributed by atoms with E-state index in [9.17, 15) is 4.79 Å². The second-order valence-corrected chi connectivity index (χ2v) is 7.24. The molecule has 0 aromatic heterocycles. The Labute approximate surface area is 190 Å². The van der Waals surface area contributed by atoms with E-state index in [4.69, 9.17) is 4.99 Å². The van der Waals surface area contributed by atoms with Crippen molar-refractivity contribution in [1.29, 1.82) is 0 Å². The fourth-order valence-corrected chi connectivity index (χ4v) is 3.24. The van der Waals surface area contributed by atoms with Crippen molar-refractivity contribution in [1.82, 2.24) is 16.0 Å². The molecule has 29 heavy (non-hydrogen) atoms. The van der Waals surface area contributed by atoms with Crippen molar-refractivity contribution in [3.8, 4) is 0 Å². The van der Waals surface area contributed by atoms with Gasteiger partial charge in [-0.15, -0.1) is 24.0 Å². The third-order valence-electron chi connectivity index (χ3n) is 5.09. The fourth-order valence-electron chi connectivity index (χ4n) is 3.24. The summed E-state index contributed by atoms with van der Waals surface area (Å²) in [6.07, 6.45) is 3.24. The Morgan fingerprint density at radius 2 is 1.55 bits per heavy atom. The second kappa shape index (κ2) is 11.8. The van der Waals surface area contributed by atoms with E-state index in [1.807, 2.05) is 30.3 Å². The van der Waals surface area contributed by atoms with Crippen molar-refractivity contribution in [2.45, 2.75) is 31.6 Å². The molecule has 2 aromatic carbocycles. The lowest BCUT2D eigenvalue weighted by Gasteiger charge is -2.16. The van der Waals surface area contributed by atoms with Crippen molar-refractivity contribution in [2.24, 2.45) is 4.99 Å². The second-order valence-electron chi connectivity index (χ2n) is 7.24. The molecule has 0 radical (unpaired) electrons. The number of guanidine groups is 1. The number of aliphatic imine (C=N–C) groups is 1. The van der Waals surface area contributed by atoms with Crippen LogP contribution in [0.3, 0.4) is 0 Å². The number of rotatable bonds is 9. The van der Waals surface area contributed by atoms with Crippen LogP contribution in [-0.4, -0.2) is 38.0 Å². The van der Waals surface area contributed by atoms with Gasteiger partial charge in [0.2, 0.25) is 0 Å². The first-order chi connectivity index (χ1) is 13.7. The molecule has 0 spiro atoms. The van der Waals surface area contributed by atoms with Gasteiger partial charge in [0, 0.05) is 30.6 Å². The molecule has 1 aliphatic rings. The summed E-state index contributed by atoms with van der Waals surface area (Å²) in [6.45, 7) is 5.10. The van der Waals surface area contributed by atoms with E-state index >= 15 is 0 Å². The van der Waals surface area contributed by atoms with E-state index in [1.165, 1.54) is 18.4 Å². The number of carbonyl (C=O) groups is 1. The standard InChI is InChI=1S/C23H30N4O.HI/c1-2-24-22(27-18-23(14-15-23)20-12-7-4-8-13-20)26-17-9-16-25-21(28)19-10-5-3-6-11-19;/h3-8,10-13H,2,9,14-18H2,1H3,(H,25,28)(H2,24,26,27);1H. The van der Waals surface area contributed by atoms with Crippen LogP contribution in [0.15, 0.2) is 65.7 Å². The summed E-state index contributed by atoms with van der Waals surface area (Å²) in [5.74, 6) is 0.818. The van der Waals surface area contributed by atoms with Crippen molar-refractivity contribution in [3.63, 3.8) is 0 Å². The Hall–Kier alpha value is -2.09. The van der Waals surface area contributed by atoms with Crippen LogP contribution in [0.2, 0.25) is 0 Å². The van der Waals surface area contributed by atoms with Gasteiger partial charge in [-0.25, -0.2) is 0 Å². The quantitative estimate of drug-likeness (QED) is 0.210. The van der Waals surface area contributed by atoms with Gasteiger partial charge >= 0.3 is 0 Å². The van der Waals surface area contributed by atoms with E-state index < -0.39 is 0 Å². The third kappa shape index (κ3) is 7.03. The lowest BCUT2D eigenvalue weighted by atomic mass is 9.96. The molecule has 0 saturated heterocycles. The minimum atomic E-state index is -0.0280. The number of nitrogens with zero attached hydrogens (tertiary/aromatic N) is 1. The molecule has 1 amide bonds. The topological polar surface area (TPSA) is 65.5 Å². The third-order valence-corrected chi connectivity index (χ3v) is 5.09. The Morgan fingerprint density at radius 3 is 2.17 bits per heavy atom. The van der Waals surface area contributed by atoms with Crippen LogP contribution >= 0.6 is 24.0 Å². The molecule has 3 rings (SSSR count). The number of nitrogens with one attached hydrogen (secondary N) is 3. The first-order valence-corrected chi connectivity index (χ1v) is 10.1. The molecular formula is C23H31IN4O. The van der Waals surface area contributed by atoms with Crippen LogP contribution in [0.1, 0.15) is 42.1 Å². The Morgan fingerprint density at radius 1 is 0.931 bits per heavy atom. The summed E-state index contributed by atoms with van der Waals surface area (Å²) >= 11 is 0. The van der Waals surface area contributed by atoms with Crippen LogP contribution in [-0.2, 0) is 5.41 Å². The Bertz CT molecular complexity index is 776. The highest BCUT2D eigenvalue weighted by molar-refractivity contribution is 14.0. The summed E-state index contributed by atoms with van der Waals surface area (Å²) in [5, 5.41) is 9.64. The molecule has 0 unspecified atom stereocenters. The molecular weight excluding hydrogens is 475 g/mol. The number of benzene rings is 2. The van der Waals surface area contributed by atoms with E-state index in [1.54, 1.807) is 0 Å². The molecule has 0 aliphatic heterocycles. The first-order valence-electron chi connectivity index (χ1n) is 10.1. The summed E-state index contributed by atoms with van der Waals surface area (Å²) < 4.78 is 0. The molecule has 156 valence electrons. The van der Waals surface area contributed by atoms with Crippen LogP contribution in [0, 0.1) is 0 Å². The number of hydrogen-bond acceptors (Lipinski definition) is 2.